The van der Waals surface area contributed by atoms with Gasteiger partial charge in [-0.2, -0.15) is 5.01 Å². The van der Waals surface area contributed by atoms with Crippen molar-refractivity contribution in [1.82, 2.24) is 10.3 Å². The standard InChI is InChI=1S/C14H13N3O4/c1-21-10-7-5-9(6-8-10)3-2-4-11-12(18)16-14(20)17(15)13(11)19/h2-8H,15H2,1H3,(H,16,18,20)/b3-2+,11-4-. The molecule has 1 fully saturated rings. The highest BCUT2D eigenvalue weighted by Gasteiger charge is 2.33. The number of nitrogens with one attached hydrogen (secondary N) is 1. The van der Waals surface area contributed by atoms with Gasteiger partial charge in [0, 0.05) is 0 Å². The molecule has 1 aliphatic rings. The molecule has 0 radical (unpaired) electrons. The fourth-order valence-corrected chi connectivity index (χ4v) is 1.66. The van der Waals surface area contributed by atoms with Gasteiger partial charge in [0.1, 0.15) is 11.3 Å². The van der Waals surface area contributed by atoms with Crippen molar-refractivity contribution in [3.8, 4) is 5.75 Å². The second kappa shape index (κ2) is 6.02. The molecule has 21 heavy (non-hydrogen) atoms. The summed E-state index contributed by atoms with van der Waals surface area (Å²) in [5.74, 6) is 4.34. The second-order valence-corrected chi connectivity index (χ2v) is 4.15. The molecule has 0 aliphatic carbocycles. The number of nitrogens with zero attached hydrogens (tertiary/aromatic N) is 1. The van der Waals surface area contributed by atoms with E-state index in [0.29, 0.717) is 5.01 Å². The highest BCUT2D eigenvalue weighted by Crippen LogP contribution is 2.13. The average molecular weight is 287 g/mol. The molecule has 0 aromatic heterocycles. The second-order valence-electron chi connectivity index (χ2n) is 4.15. The Kier molecular flexibility index (Phi) is 4.15. The quantitative estimate of drug-likeness (QED) is 0.366. The molecule has 108 valence electrons. The molecule has 1 saturated heterocycles. The lowest BCUT2D eigenvalue weighted by Gasteiger charge is -2.21. The maximum absolute atomic E-state index is 11.7. The predicted molar refractivity (Wildman–Crippen MR) is 74.7 cm³/mol. The van der Waals surface area contributed by atoms with Crippen LogP contribution in [0.15, 0.2) is 42.0 Å². The van der Waals surface area contributed by atoms with E-state index in [9.17, 15) is 14.4 Å². The van der Waals surface area contributed by atoms with Crippen molar-refractivity contribution in [2.75, 3.05) is 7.11 Å². The Hall–Kier alpha value is -2.93. The van der Waals surface area contributed by atoms with Gasteiger partial charge in [-0.3, -0.25) is 14.9 Å². The van der Waals surface area contributed by atoms with Crippen LogP contribution in [0.2, 0.25) is 0 Å². The van der Waals surface area contributed by atoms with Gasteiger partial charge in [0.05, 0.1) is 7.11 Å². The molecule has 7 nitrogen and oxygen atoms in total. The number of urea groups is 1. The first-order valence-electron chi connectivity index (χ1n) is 6.00. The Balaban J connectivity index is 2.15. The topological polar surface area (TPSA) is 102 Å². The summed E-state index contributed by atoms with van der Waals surface area (Å²) in [6.45, 7) is 0. The third-order valence-electron chi connectivity index (χ3n) is 2.80. The van der Waals surface area contributed by atoms with Gasteiger partial charge in [0.15, 0.2) is 0 Å². The molecule has 0 unspecified atom stereocenters. The van der Waals surface area contributed by atoms with Crippen LogP contribution in [0.5, 0.6) is 5.75 Å². The lowest BCUT2D eigenvalue weighted by molar-refractivity contribution is -0.130. The summed E-state index contributed by atoms with van der Waals surface area (Å²) in [5.41, 5.74) is 0.652. The minimum Gasteiger partial charge on any atom is -0.497 e. The summed E-state index contributed by atoms with van der Waals surface area (Å²) in [6.07, 6.45) is 4.52. The highest BCUT2D eigenvalue weighted by molar-refractivity contribution is 6.28. The fourth-order valence-electron chi connectivity index (χ4n) is 1.66. The van der Waals surface area contributed by atoms with Crippen LogP contribution in [0.3, 0.4) is 0 Å². The van der Waals surface area contributed by atoms with E-state index in [2.05, 4.69) is 0 Å². The molecule has 7 heteroatoms. The van der Waals surface area contributed by atoms with Gasteiger partial charge in [-0.05, 0) is 23.8 Å². The lowest BCUT2D eigenvalue weighted by Crippen LogP contribution is -2.57. The number of hydrogen-bond donors (Lipinski definition) is 2. The van der Waals surface area contributed by atoms with Crippen molar-refractivity contribution in [1.29, 1.82) is 0 Å². The number of hydrogen-bond acceptors (Lipinski definition) is 5. The number of carbonyl (C=O) groups excluding carboxylic acids is 3. The molecule has 2 rings (SSSR count). The smallest absolute Gasteiger partial charge is 0.345 e. The van der Waals surface area contributed by atoms with Gasteiger partial charge < -0.3 is 4.74 Å². The Morgan fingerprint density at radius 1 is 1.19 bits per heavy atom. The number of methoxy groups -OCH3 is 1. The van der Waals surface area contributed by atoms with E-state index in [4.69, 9.17) is 10.6 Å². The molecular weight excluding hydrogens is 274 g/mol. The van der Waals surface area contributed by atoms with E-state index in [1.54, 1.807) is 25.3 Å². The number of nitrogens with two attached hydrogens (primary N) is 1. The van der Waals surface area contributed by atoms with Crippen LogP contribution in [0.1, 0.15) is 5.56 Å². The predicted octanol–water partition coefficient (Wildman–Crippen LogP) is 0.587. The molecule has 4 amide bonds. The highest BCUT2D eigenvalue weighted by atomic mass is 16.5. The zero-order valence-electron chi connectivity index (χ0n) is 11.2. The van der Waals surface area contributed by atoms with Crippen LogP contribution in [0, 0.1) is 0 Å². The minimum atomic E-state index is -0.943. The number of ether oxygens (including phenoxy) is 1. The van der Waals surface area contributed by atoms with Crippen molar-refractivity contribution < 1.29 is 19.1 Å². The number of barbiturate groups is 1. The number of imide groups is 2. The Morgan fingerprint density at radius 3 is 2.48 bits per heavy atom. The molecule has 0 atom stereocenters. The normalized spacial score (nSPS) is 17.5. The van der Waals surface area contributed by atoms with Crippen LogP contribution in [0.25, 0.3) is 6.08 Å². The van der Waals surface area contributed by atoms with E-state index in [-0.39, 0.29) is 5.57 Å². The number of rotatable bonds is 3. The van der Waals surface area contributed by atoms with Gasteiger partial charge in [-0.25, -0.2) is 10.6 Å². The molecule has 1 aromatic rings. The first-order chi connectivity index (χ1) is 10.0. The first kappa shape index (κ1) is 14.5. The number of benzene rings is 1. The fraction of sp³-hybridized carbons (Fsp3) is 0.0714. The van der Waals surface area contributed by atoms with Gasteiger partial charge in [-0.1, -0.05) is 24.3 Å². The van der Waals surface area contributed by atoms with Gasteiger partial charge in [0.2, 0.25) is 0 Å². The third kappa shape index (κ3) is 3.15. The van der Waals surface area contributed by atoms with Crippen molar-refractivity contribution in [3.05, 3.63) is 47.6 Å². The van der Waals surface area contributed by atoms with E-state index in [1.807, 2.05) is 17.4 Å². The summed E-state index contributed by atoms with van der Waals surface area (Å²) < 4.78 is 5.03. The maximum Gasteiger partial charge on any atom is 0.345 e. The average Bonchev–Trinajstić information content (AvgIpc) is 2.49. The van der Waals surface area contributed by atoms with Gasteiger partial charge in [0.25, 0.3) is 11.8 Å². The van der Waals surface area contributed by atoms with Gasteiger partial charge in [-0.15, -0.1) is 0 Å². The van der Waals surface area contributed by atoms with E-state index >= 15 is 0 Å². The number of amides is 4. The Bertz CT molecular complexity index is 647. The van der Waals surface area contributed by atoms with Crippen LogP contribution in [-0.2, 0) is 9.59 Å². The molecule has 1 heterocycles. The van der Waals surface area contributed by atoms with Crippen molar-refractivity contribution >= 4 is 23.9 Å². The molecule has 0 spiro atoms. The lowest BCUT2D eigenvalue weighted by atomic mass is 10.1. The zero-order valence-corrected chi connectivity index (χ0v) is 11.2. The summed E-state index contributed by atoms with van der Waals surface area (Å²) in [6, 6.07) is 6.25. The van der Waals surface area contributed by atoms with Crippen LogP contribution in [0.4, 0.5) is 4.79 Å². The molecule has 0 saturated carbocycles. The van der Waals surface area contributed by atoms with Crippen LogP contribution in [-0.4, -0.2) is 30.0 Å². The van der Waals surface area contributed by atoms with E-state index in [1.165, 1.54) is 12.2 Å². The van der Waals surface area contributed by atoms with Crippen LogP contribution < -0.4 is 15.9 Å². The number of carbonyl (C=O) groups is 3. The molecule has 1 aliphatic heterocycles. The van der Waals surface area contributed by atoms with E-state index in [0.717, 1.165) is 11.3 Å². The molecule has 3 N–H and O–H groups in total. The van der Waals surface area contributed by atoms with Crippen LogP contribution >= 0.6 is 0 Å². The summed E-state index contributed by atoms with van der Waals surface area (Å²) in [5, 5.41) is 2.31. The first-order valence-corrected chi connectivity index (χ1v) is 6.00. The Labute approximate surface area is 120 Å². The largest absolute Gasteiger partial charge is 0.497 e. The zero-order chi connectivity index (χ0) is 15.4. The van der Waals surface area contributed by atoms with Gasteiger partial charge >= 0.3 is 6.03 Å². The number of allylic oxidation sites excluding steroid dienone is 2. The third-order valence-corrected chi connectivity index (χ3v) is 2.80. The summed E-state index contributed by atoms with van der Waals surface area (Å²) >= 11 is 0. The number of hydrazine groups is 1. The SMILES string of the molecule is COc1ccc(/C=C/C=C2/C(=O)NC(=O)N(N)C2=O)cc1. The summed E-state index contributed by atoms with van der Waals surface area (Å²) in [4.78, 5) is 34.3. The van der Waals surface area contributed by atoms with Crippen molar-refractivity contribution in [2.45, 2.75) is 0 Å². The summed E-state index contributed by atoms with van der Waals surface area (Å²) in [7, 11) is 1.57. The minimum absolute atomic E-state index is 0.207. The van der Waals surface area contributed by atoms with E-state index < -0.39 is 17.8 Å². The molecule has 1 aromatic carbocycles. The molecular formula is C14H13N3O4. The maximum atomic E-state index is 11.7. The van der Waals surface area contributed by atoms with Crippen molar-refractivity contribution in [3.63, 3.8) is 0 Å². The van der Waals surface area contributed by atoms with Crippen molar-refractivity contribution in [2.24, 2.45) is 5.84 Å². The monoisotopic (exact) mass is 287 g/mol. The Morgan fingerprint density at radius 2 is 1.86 bits per heavy atom. The molecule has 0 bridgehead atoms.